The summed E-state index contributed by atoms with van der Waals surface area (Å²) in [6, 6.07) is 0.753. The molecule has 0 aromatic rings. The number of nitrogens with one attached hydrogen (secondary N) is 1. The Kier molecular flexibility index (Phi) is 41.2. The first-order chi connectivity index (χ1) is 19.2. The van der Waals surface area contributed by atoms with Gasteiger partial charge in [0.2, 0.25) is 0 Å². The summed E-state index contributed by atoms with van der Waals surface area (Å²) in [6.07, 6.45) is 20.5. The molecule has 0 bridgehead atoms. The molecule has 1 nitrogen and oxygen atoms in total. The van der Waals surface area contributed by atoms with E-state index < -0.39 is 0 Å². The molecule has 1 N–H and O–H groups in total. The van der Waals surface area contributed by atoms with Crippen LogP contribution in [-0.2, 0) is 0 Å². The lowest BCUT2D eigenvalue weighted by Gasteiger charge is -2.26. The third kappa shape index (κ3) is 26.8. The molecule has 1 heteroatoms. The van der Waals surface area contributed by atoms with Gasteiger partial charge in [-0.25, -0.2) is 0 Å². The molecule has 4 fully saturated rings. The first kappa shape index (κ1) is 46.9. The van der Waals surface area contributed by atoms with Crippen LogP contribution in [0.15, 0.2) is 0 Å². The molecule has 4 aliphatic rings. The molecule has 8 atom stereocenters. The van der Waals surface area contributed by atoms with Crippen molar-refractivity contribution in [1.29, 1.82) is 0 Å². The summed E-state index contributed by atoms with van der Waals surface area (Å²) in [4.78, 5) is 0. The Labute approximate surface area is 259 Å². The monoisotopic (exact) mass is 570 g/mol. The minimum atomic E-state index is 0.753. The predicted octanol–water partition coefficient (Wildman–Crippen LogP) is 14.0. The summed E-state index contributed by atoms with van der Waals surface area (Å²) in [5, 5.41) is 3.43. The lowest BCUT2D eigenvalue weighted by molar-refractivity contribution is 0.277. The van der Waals surface area contributed by atoms with Crippen LogP contribution < -0.4 is 5.32 Å². The van der Waals surface area contributed by atoms with E-state index in [0.717, 1.165) is 47.5 Å². The van der Waals surface area contributed by atoms with Crippen LogP contribution >= 0.6 is 0 Å². The van der Waals surface area contributed by atoms with Crippen LogP contribution in [-0.4, -0.2) is 12.6 Å². The van der Waals surface area contributed by atoms with E-state index in [-0.39, 0.29) is 0 Å². The molecule has 0 radical (unpaired) electrons. The van der Waals surface area contributed by atoms with Gasteiger partial charge in [0.25, 0.3) is 0 Å². The molecule has 1 saturated heterocycles. The summed E-state index contributed by atoms with van der Waals surface area (Å²) in [6.45, 7) is 36.1. The van der Waals surface area contributed by atoms with Crippen LogP contribution in [0, 0.1) is 41.4 Å². The van der Waals surface area contributed by atoms with Gasteiger partial charge in [0.05, 0.1) is 0 Å². The SMILES string of the molecule is CC.CC.CC.CC.C[C@@H]1CCCC[C@@H]1C.C[C@@H]1CCCC[C@H]1C.C[C@@H]1NCCC[C@@H]1C.C[C@H]1CCCC[C@@H]1C. The van der Waals surface area contributed by atoms with Crippen molar-refractivity contribution in [2.24, 2.45) is 41.4 Å². The number of piperidine rings is 1. The topological polar surface area (TPSA) is 12.0 Å². The molecule has 3 aliphatic carbocycles. The highest BCUT2D eigenvalue weighted by atomic mass is 14.9. The molecule has 0 amide bonds. The van der Waals surface area contributed by atoms with E-state index in [4.69, 9.17) is 0 Å². The Morgan fingerprint density at radius 2 is 0.500 bits per heavy atom. The van der Waals surface area contributed by atoms with Gasteiger partial charge in [0.1, 0.15) is 0 Å². The minimum absolute atomic E-state index is 0.753. The quantitative estimate of drug-likeness (QED) is 0.306. The van der Waals surface area contributed by atoms with Gasteiger partial charge in [0.15, 0.2) is 0 Å². The summed E-state index contributed by atoms with van der Waals surface area (Å²) in [7, 11) is 0. The predicted molar refractivity (Wildman–Crippen MR) is 192 cm³/mol. The van der Waals surface area contributed by atoms with E-state index in [1.54, 1.807) is 0 Å². The second-order valence-electron chi connectivity index (χ2n) is 12.6. The van der Waals surface area contributed by atoms with Gasteiger partial charge < -0.3 is 5.32 Å². The Bertz CT molecular complexity index is 313. The largest absolute Gasteiger partial charge is 0.314 e. The molecular weight excluding hydrogens is 482 g/mol. The fraction of sp³-hybridized carbons (Fsp3) is 1.00. The standard InChI is InChI=1S/3C8H16.C7H15N.4C2H6/c3*1-7-5-3-4-6-8(7)2;1-6-4-3-5-8-7(6)2;4*1-2/h3*7-8H,3-6H2,1-2H3;6-8H,3-5H2,1-2H3;4*1-2H3/t7-,8+;2*7-,8-;6-,7-;;;;/m.100..../s1. The lowest BCUT2D eigenvalue weighted by Crippen LogP contribution is -2.37. The maximum atomic E-state index is 3.43. The molecule has 1 heterocycles. The van der Waals surface area contributed by atoms with Crippen molar-refractivity contribution in [3.05, 3.63) is 0 Å². The van der Waals surface area contributed by atoms with Crippen LogP contribution in [0.1, 0.15) is 201 Å². The fourth-order valence-corrected chi connectivity index (χ4v) is 5.71. The average Bonchev–Trinajstić information content (AvgIpc) is 3.00. The molecule has 3 saturated carbocycles. The Morgan fingerprint density at radius 1 is 0.300 bits per heavy atom. The zero-order chi connectivity index (χ0) is 31.9. The Morgan fingerprint density at radius 3 is 0.625 bits per heavy atom. The van der Waals surface area contributed by atoms with Crippen LogP contribution in [0.25, 0.3) is 0 Å². The number of rotatable bonds is 0. The Balaban J connectivity index is -0.000000199. The maximum Gasteiger partial charge on any atom is 0.00643 e. The van der Waals surface area contributed by atoms with Gasteiger partial charge >= 0.3 is 0 Å². The van der Waals surface area contributed by atoms with Crippen molar-refractivity contribution in [1.82, 2.24) is 5.32 Å². The number of hydrogen-bond donors (Lipinski definition) is 1. The van der Waals surface area contributed by atoms with Gasteiger partial charge in [-0.15, -0.1) is 0 Å². The van der Waals surface area contributed by atoms with Crippen LogP contribution in [0.2, 0.25) is 0 Å². The van der Waals surface area contributed by atoms with E-state index in [2.05, 4.69) is 60.7 Å². The highest BCUT2D eigenvalue weighted by molar-refractivity contribution is 4.73. The van der Waals surface area contributed by atoms with Crippen molar-refractivity contribution in [3.8, 4) is 0 Å². The summed E-state index contributed by atoms with van der Waals surface area (Å²) >= 11 is 0. The molecule has 4 rings (SSSR count). The highest BCUT2D eigenvalue weighted by Crippen LogP contribution is 2.29. The third-order valence-corrected chi connectivity index (χ3v) is 9.78. The van der Waals surface area contributed by atoms with Gasteiger partial charge in [-0.3, -0.25) is 0 Å². The first-order valence-corrected chi connectivity index (χ1v) is 19.0. The minimum Gasteiger partial charge on any atom is -0.314 e. The molecule has 0 spiro atoms. The van der Waals surface area contributed by atoms with Crippen molar-refractivity contribution < 1.29 is 0 Å². The average molecular weight is 570 g/mol. The summed E-state index contributed by atoms with van der Waals surface area (Å²) < 4.78 is 0. The van der Waals surface area contributed by atoms with Crippen molar-refractivity contribution in [3.63, 3.8) is 0 Å². The molecule has 0 aromatic carbocycles. The van der Waals surface area contributed by atoms with Crippen molar-refractivity contribution in [2.75, 3.05) is 6.54 Å². The van der Waals surface area contributed by atoms with E-state index in [1.165, 1.54) is 96.4 Å². The number of hydrogen-bond acceptors (Lipinski definition) is 1. The molecule has 248 valence electrons. The van der Waals surface area contributed by atoms with E-state index in [1.807, 2.05) is 55.4 Å². The van der Waals surface area contributed by atoms with Gasteiger partial charge in [-0.05, 0) is 67.7 Å². The van der Waals surface area contributed by atoms with E-state index in [0.29, 0.717) is 0 Å². The van der Waals surface area contributed by atoms with Crippen LogP contribution in [0.4, 0.5) is 0 Å². The van der Waals surface area contributed by atoms with E-state index >= 15 is 0 Å². The summed E-state index contributed by atoms with van der Waals surface area (Å²) in [5.74, 6) is 6.91. The van der Waals surface area contributed by atoms with Crippen LogP contribution in [0.3, 0.4) is 0 Å². The zero-order valence-electron chi connectivity index (χ0n) is 31.7. The smallest absolute Gasteiger partial charge is 0.00643 e. The van der Waals surface area contributed by atoms with Crippen LogP contribution in [0.5, 0.6) is 0 Å². The summed E-state index contributed by atoms with van der Waals surface area (Å²) in [5.41, 5.74) is 0. The van der Waals surface area contributed by atoms with Gasteiger partial charge in [-0.1, -0.05) is 181 Å². The third-order valence-electron chi connectivity index (χ3n) is 9.78. The second kappa shape index (κ2) is 35.2. The normalized spacial score (nSPS) is 32.4. The molecule has 40 heavy (non-hydrogen) atoms. The lowest BCUT2D eigenvalue weighted by atomic mass is 9.82. The fourth-order valence-electron chi connectivity index (χ4n) is 5.71. The highest BCUT2D eigenvalue weighted by Gasteiger charge is 2.17. The van der Waals surface area contributed by atoms with Gasteiger partial charge in [-0.2, -0.15) is 0 Å². The first-order valence-electron chi connectivity index (χ1n) is 19.0. The molecule has 1 aliphatic heterocycles. The maximum absolute atomic E-state index is 3.43. The van der Waals surface area contributed by atoms with E-state index in [9.17, 15) is 0 Å². The zero-order valence-corrected chi connectivity index (χ0v) is 31.7. The molecule has 0 unspecified atom stereocenters. The van der Waals surface area contributed by atoms with Crippen molar-refractivity contribution >= 4 is 0 Å². The molecule has 0 aromatic heterocycles. The second-order valence-corrected chi connectivity index (χ2v) is 12.6. The molecular formula is C39H87N. The van der Waals surface area contributed by atoms with Crippen molar-refractivity contribution in [2.45, 2.75) is 207 Å². The van der Waals surface area contributed by atoms with Gasteiger partial charge in [0, 0.05) is 6.04 Å². The Hall–Kier alpha value is -0.0400.